The number of carbonyl (C=O) groups is 2. The summed E-state index contributed by atoms with van der Waals surface area (Å²) in [6, 6.07) is 0. The highest BCUT2D eigenvalue weighted by Gasteiger charge is 2.36. The third-order valence-electron chi connectivity index (χ3n) is 3.31. The summed E-state index contributed by atoms with van der Waals surface area (Å²) in [5.41, 5.74) is 0. The first-order valence-corrected chi connectivity index (χ1v) is 8.89. The van der Waals surface area contributed by atoms with Crippen LogP contribution in [0.3, 0.4) is 0 Å². The maximum absolute atomic E-state index is 10.8. The Bertz CT molecular complexity index is 279. The predicted octanol–water partition coefficient (Wildman–Crippen LogP) is 2.83. The van der Waals surface area contributed by atoms with Gasteiger partial charge in [0.05, 0.1) is 0 Å². The van der Waals surface area contributed by atoms with Crippen LogP contribution in [0.5, 0.6) is 0 Å². The van der Waals surface area contributed by atoms with E-state index in [1.54, 1.807) is 0 Å². The molecule has 0 rings (SSSR count). The quantitative estimate of drug-likeness (QED) is 0.434. The maximum Gasteiger partial charge on any atom is 0.372 e. The Morgan fingerprint density at radius 3 is 2.12 bits per heavy atom. The third-order valence-corrected chi connectivity index (χ3v) is 7.84. The molecule has 0 bridgehead atoms. The molecule has 0 aliphatic carbocycles. The standard InChI is InChI=1S/C12H24O4Si/c1-12(2,3)17(4,5)16-9-7-6-8-10(13)11(14)15/h6-9H2,1-5H3,(H,14,15). The van der Waals surface area contributed by atoms with Crippen molar-refractivity contribution in [3.8, 4) is 0 Å². The fourth-order valence-electron chi connectivity index (χ4n) is 1.04. The molecule has 0 aromatic heterocycles. The largest absolute Gasteiger partial charge is 0.476 e. The van der Waals surface area contributed by atoms with Crippen LogP contribution in [0.1, 0.15) is 40.0 Å². The minimum Gasteiger partial charge on any atom is -0.476 e. The highest BCUT2D eigenvalue weighted by atomic mass is 28.4. The Morgan fingerprint density at radius 2 is 1.71 bits per heavy atom. The van der Waals surface area contributed by atoms with Crippen molar-refractivity contribution in [2.45, 2.75) is 58.2 Å². The van der Waals surface area contributed by atoms with Crippen molar-refractivity contribution < 1.29 is 19.1 Å². The molecule has 0 aliphatic rings. The molecular weight excluding hydrogens is 236 g/mol. The van der Waals surface area contributed by atoms with Gasteiger partial charge in [0.15, 0.2) is 8.32 Å². The van der Waals surface area contributed by atoms with Crippen molar-refractivity contribution in [3.63, 3.8) is 0 Å². The summed E-state index contributed by atoms with van der Waals surface area (Å²) >= 11 is 0. The smallest absolute Gasteiger partial charge is 0.372 e. The van der Waals surface area contributed by atoms with Gasteiger partial charge in [0.25, 0.3) is 0 Å². The number of carboxylic acid groups (broad SMARTS) is 1. The summed E-state index contributed by atoms with van der Waals surface area (Å²) in [4.78, 5) is 21.1. The van der Waals surface area contributed by atoms with Crippen molar-refractivity contribution in [3.05, 3.63) is 0 Å². The molecule has 0 fully saturated rings. The highest BCUT2D eigenvalue weighted by Crippen LogP contribution is 2.36. The van der Waals surface area contributed by atoms with Gasteiger partial charge in [-0.3, -0.25) is 4.79 Å². The number of carboxylic acids is 1. The summed E-state index contributed by atoms with van der Waals surface area (Å²) in [6.45, 7) is 11.5. The number of ketones is 1. The summed E-state index contributed by atoms with van der Waals surface area (Å²) in [5.74, 6) is -2.05. The van der Waals surface area contributed by atoms with Crippen LogP contribution in [0.4, 0.5) is 0 Å². The molecule has 0 heterocycles. The van der Waals surface area contributed by atoms with Gasteiger partial charge >= 0.3 is 5.97 Å². The molecule has 0 saturated heterocycles. The number of unbranched alkanes of at least 4 members (excludes halogenated alkanes) is 1. The average molecular weight is 260 g/mol. The highest BCUT2D eigenvalue weighted by molar-refractivity contribution is 6.74. The van der Waals surface area contributed by atoms with E-state index in [-0.39, 0.29) is 11.5 Å². The zero-order chi connectivity index (χ0) is 13.7. The van der Waals surface area contributed by atoms with Crippen LogP contribution >= 0.6 is 0 Å². The summed E-state index contributed by atoms with van der Waals surface area (Å²) < 4.78 is 5.92. The van der Waals surface area contributed by atoms with Crippen LogP contribution in [0.15, 0.2) is 0 Å². The second-order valence-electron chi connectivity index (χ2n) is 5.79. The van der Waals surface area contributed by atoms with Crippen molar-refractivity contribution in [1.29, 1.82) is 0 Å². The molecule has 0 radical (unpaired) electrons. The van der Waals surface area contributed by atoms with Gasteiger partial charge in [-0.1, -0.05) is 20.8 Å². The summed E-state index contributed by atoms with van der Waals surface area (Å²) in [5, 5.41) is 8.58. The Balaban J connectivity index is 3.80. The number of rotatable bonds is 7. The van der Waals surface area contributed by atoms with Crippen LogP contribution in [-0.2, 0) is 14.0 Å². The lowest BCUT2D eigenvalue weighted by Crippen LogP contribution is -2.40. The van der Waals surface area contributed by atoms with E-state index in [1.807, 2.05) is 0 Å². The van der Waals surface area contributed by atoms with Crippen LogP contribution in [0, 0.1) is 0 Å². The van der Waals surface area contributed by atoms with E-state index >= 15 is 0 Å². The number of Topliss-reactive ketones (excluding diaryl/α,β-unsaturated/α-hetero) is 1. The summed E-state index contributed by atoms with van der Waals surface area (Å²) in [6.07, 6.45) is 1.43. The van der Waals surface area contributed by atoms with E-state index in [2.05, 4.69) is 33.9 Å². The van der Waals surface area contributed by atoms with Crippen molar-refractivity contribution >= 4 is 20.1 Å². The zero-order valence-electron chi connectivity index (χ0n) is 11.5. The molecule has 0 aliphatic heterocycles. The Labute approximate surface area is 104 Å². The van der Waals surface area contributed by atoms with Crippen molar-refractivity contribution in [2.24, 2.45) is 0 Å². The molecule has 0 unspecified atom stereocenters. The fraction of sp³-hybridized carbons (Fsp3) is 0.833. The van der Waals surface area contributed by atoms with E-state index in [1.165, 1.54) is 0 Å². The lowest BCUT2D eigenvalue weighted by molar-refractivity contribution is -0.149. The number of hydrogen-bond acceptors (Lipinski definition) is 3. The molecular formula is C12H24O4Si. The van der Waals surface area contributed by atoms with E-state index in [0.717, 1.165) is 6.42 Å². The average Bonchev–Trinajstić information content (AvgIpc) is 2.14. The molecule has 0 aromatic rings. The van der Waals surface area contributed by atoms with Gasteiger partial charge < -0.3 is 9.53 Å². The van der Waals surface area contributed by atoms with Gasteiger partial charge in [0.2, 0.25) is 5.78 Å². The first-order chi connectivity index (χ1) is 7.58. The van der Waals surface area contributed by atoms with E-state index < -0.39 is 20.1 Å². The van der Waals surface area contributed by atoms with Gasteiger partial charge in [-0.25, -0.2) is 4.79 Å². The molecule has 0 atom stereocenters. The normalized spacial score (nSPS) is 12.5. The second-order valence-corrected chi connectivity index (χ2v) is 10.6. The molecule has 0 spiro atoms. The van der Waals surface area contributed by atoms with Crippen LogP contribution < -0.4 is 0 Å². The minimum absolute atomic E-state index is 0.107. The number of hydrogen-bond donors (Lipinski definition) is 1. The van der Waals surface area contributed by atoms with E-state index in [9.17, 15) is 9.59 Å². The molecule has 100 valence electrons. The minimum atomic E-state index is -1.71. The van der Waals surface area contributed by atoms with Crippen molar-refractivity contribution in [2.75, 3.05) is 6.61 Å². The van der Waals surface area contributed by atoms with E-state index in [4.69, 9.17) is 9.53 Å². The first kappa shape index (κ1) is 16.3. The van der Waals surface area contributed by atoms with Gasteiger partial charge in [-0.05, 0) is 31.0 Å². The Morgan fingerprint density at radius 1 is 1.18 bits per heavy atom. The predicted molar refractivity (Wildman–Crippen MR) is 69.6 cm³/mol. The molecule has 17 heavy (non-hydrogen) atoms. The molecule has 0 saturated carbocycles. The summed E-state index contributed by atoms with van der Waals surface area (Å²) in [7, 11) is -1.71. The zero-order valence-corrected chi connectivity index (χ0v) is 12.5. The van der Waals surface area contributed by atoms with Crippen LogP contribution in [0.25, 0.3) is 0 Å². The molecule has 1 N–H and O–H groups in total. The van der Waals surface area contributed by atoms with Crippen LogP contribution in [-0.4, -0.2) is 31.8 Å². The molecule has 5 heteroatoms. The maximum atomic E-state index is 10.8. The van der Waals surface area contributed by atoms with Crippen molar-refractivity contribution in [1.82, 2.24) is 0 Å². The van der Waals surface area contributed by atoms with Gasteiger partial charge in [-0.15, -0.1) is 0 Å². The first-order valence-electron chi connectivity index (χ1n) is 5.98. The monoisotopic (exact) mass is 260 g/mol. The molecule has 0 amide bonds. The number of carbonyl (C=O) groups excluding carboxylic acids is 1. The Hall–Kier alpha value is -0.683. The molecule has 0 aromatic carbocycles. The van der Waals surface area contributed by atoms with Crippen LogP contribution in [0.2, 0.25) is 18.1 Å². The third kappa shape index (κ3) is 5.98. The van der Waals surface area contributed by atoms with Gasteiger partial charge in [0, 0.05) is 13.0 Å². The lowest BCUT2D eigenvalue weighted by atomic mass is 10.2. The molecule has 4 nitrogen and oxygen atoms in total. The topological polar surface area (TPSA) is 63.6 Å². The lowest BCUT2D eigenvalue weighted by Gasteiger charge is -2.36. The van der Waals surface area contributed by atoms with Gasteiger partial charge in [0.1, 0.15) is 0 Å². The fourth-order valence-corrected chi connectivity index (χ4v) is 2.13. The SMILES string of the molecule is CC(C)(C)[Si](C)(C)OCCCCC(=O)C(=O)O. The Kier molecular flexibility index (Phi) is 6.05. The van der Waals surface area contributed by atoms with E-state index in [0.29, 0.717) is 13.0 Å². The number of aliphatic carboxylic acids is 1. The van der Waals surface area contributed by atoms with Gasteiger partial charge in [-0.2, -0.15) is 0 Å². The second kappa shape index (κ2) is 6.30.